The summed E-state index contributed by atoms with van der Waals surface area (Å²) in [4.78, 5) is 25.5. The Labute approximate surface area is 121 Å². The van der Waals surface area contributed by atoms with Crippen LogP contribution in [0, 0.1) is 0 Å². The van der Waals surface area contributed by atoms with Crippen molar-refractivity contribution in [3.05, 3.63) is 34.3 Å². The summed E-state index contributed by atoms with van der Waals surface area (Å²) < 4.78 is 11.5. The fourth-order valence-electron chi connectivity index (χ4n) is 1.47. The van der Waals surface area contributed by atoms with E-state index in [-0.39, 0.29) is 18.7 Å². The van der Waals surface area contributed by atoms with E-state index in [1.807, 2.05) is 24.3 Å². The van der Waals surface area contributed by atoms with Crippen molar-refractivity contribution in [3.63, 3.8) is 0 Å². The first-order chi connectivity index (χ1) is 8.99. The largest absolute Gasteiger partial charge is 0.346 e. The molecular formula is C12H17BrNO4P. The highest BCUT2D eigenvalue weighted by molar-refractivity contribution is 9.10. The Morgan fingerprint density at radius 3 is 2.84 bits per heavy atom. The lowest BCUT2D eigenvalue weighted by Crippen LogP contribution is -2.30. The highest BCUT2D eigenvalue weighted by atomic mass is 79.9. The number of nitrogens with zero attached hydrogens (tertiary/aromatic N) is 1. The number of carbonyl (C=O) groups excluding carboxylic acids is 1. The van der Waals surface area contributed by atoms with Crippen LogP contribution < -0.4 is 0 Å². The molecule has 0 bridgehead atoms. The van der Waals surface area contributed by atoms with Gasteiger partial charge in [-0.1, -0.05) is 28.1 Å². The maximum atomic E-state index is 11.4. The number of hydrogen-bond donors (Lipinski definition) is 1. The number of carbonyl (C=O) groups is 1. The number of benzene rings is 1. The Bertz CT molecular complexity index is 455. The molecule has 1 rings (SSSR count). The molecule has 1 amide bonds. The summed E-state index contributed by atoms with van der Waals surface area (Å²) in [6, 6.07) is 7.60. The predicted molar refractivity (Wildman–Crippen MR) is 77.0 cm³/mol. The summed E-state index contributed by atoms with van der Waals surface area (Å²) >= 11 is 3.36. The van der Waals surface area contributed by atoms with Crippen LogP contribution in [0.2, 0.25) is 0 Å². The van der Waals surface area contributed by atoms with Gasteiger partial charge in [0.1, 0.15) is 6.61 Å². The van der Waals surface area contributed by atoms with E-state index >= 15 is 0 Å². The topological polar surface area (TPSA) is 66.8 Å². The van der Waals surface area contributed by atoms with E-state index in [0.29, 0.717) is 13.0 Å². The Balaban J connectivity index is 2.45. The summed E-state index contributed by atoms with van der Waals surface area (Å²) in [7, 11) is -2.48. The molecule has 7 heteroatoms. The maximum absolute atomic E-state index is 11.4. The number of halogens is 1. The summed E-state index contributed by atoms with van der Waals surface area (Å²) in [5.41, 5.74) is 0.941. The molecule has 1 N–H and O–H groups in total. The second-order valence-corrected chi connectivity index (χ2v) is 6.22. The van der Waals surface area contributed by atoms with Gasteiger partial charge in [-0.05, 0) is 24.1 Å². The van der Waals surface area contributed by atoms with Gasteiger partial charge >= 0.3 is 0 Å². The lowest BCUT2D eigenvalue weighted by atomic mass is 10.2. The Kier molecular flexibility index (Phi) is 7.31. The first-order valence-electron chi connectivity index (χ1n) is 5.86. The summed E-state index contributed by atoms with van der Waals surface area (Å²) in [6.07, 6.45) is 0.654. The van der Waals surface area contributed by atoms with Crippen molar-refractivity contribution in [1.82, 2.24) is 5.06 Å². The van der Waals surface area contributed by atoms with Crippen LogP contribution in [0.3, 0.4) is 0 Å². The lowest BCUT2D eigenvalue weighted by molar-refractivity contribution is -0.189. The first kappa shape index (κ1) is 16.4. The highest BCUT2D eigenvalue weighted by Crippen LogP contribution is 2.15. The maximum Gasteiger partial charge on any atom is 0.243 e. The van der Waals surface area contributed by atoms with Gasteiger partial charge in [-0.3, -0.25) is 14.2 Å². The molecule has 1 atom stereocenters. The second-order valence-electron chi connectivity index (χ2n) is 4.02. The third-order valence-corrected chi connectivity index (χ3v) is 3.65. The summed E-state index contributed by atoms with van der Waals surface area (Å²) in [6.45, 7) is 2.01. The van der Waals surface area contributed by atoms with E-state index in [1.165, 1.54) is 12.0 Å². The van der Waals surface area contributed by atoms with Gasteiger partial charge in [-0.2, -0.15) is 0 Å². The van der Waals surface area contributed by atoms with E-state index in [4.69, 9.17) is 9.73 Å². The Hall–Kier alpha value is -0.680. The summed E-state index contributed by atoms with van der Waals surface area (Å²) in [5, 5.41) is 1.23. The van der Waals surface area contributed by atoms with E-state index in [9.17, 15) is 9.36 Å². The van der Waals surface area contributed by atoms with E-state index in [2.05, 4.69) is 15.9 Å². The van der Waals surface area contributed by atoms with Crippen LogP contribution in [0.15, 0.2) is 28.7 Å². The third-order valence-electron chi connectivity index (χ3n) is 2.38. The van der Waals surface area contributed by atoms with Crippen LogP contribution >= 0.6 is 24.0 Å². The van der Waals surface area contributed by atoms with Crippen molar-refractivity contribution in [2.75, 3.05) is 12.7 Å². The van der Waals surface area contributed by atoms with E-state index in [1.54, 1.807) is 0 Å². The van der Waals surface area contributed by atoms with Crippen LogP contribution in [0.25, 0.3) is 0 Å². The number of hydroxylamine groups is 2. The van der Waals surface area contributed by atoms with Gasteiger partial charge < -0.3 is 4.89 Å². The Morgan fingerprint density at radius 1 is 1.53 bits per heavy atom. The van der Waals surface area contributed by atoms with Gasteiger partial charge in [0.05, 0.1) is 0 Å². The molecule has 0 aliphatic carbocycles. The van der Waals surface area contributed by atoms with Crippen LogP contribution in [-0.4, -0.2) is 28.6 Å². The molecule has 1 aromatic carbocycles. The first-order valence-corrected chi connectivity index (χ1v) is 8.22. The molecule has 0 heterocycles. The van der Waals surface area contributed by atoms with Crippen molar-refractivity contribution in [2.45, 2.75) is 20.0 Å². The van der Waals surface area contributed by atoms with Crippen LogP contribution in [0.5, 0.6) is 0 Å². The fourth-order valence-corrected chi connectivity index (χ4v) is 2.37. The molecule has 5 nitrogen and oxygen atoms in total. The standard InChI is InChI=1S/C12H17BrNO4P/c1-10(15)14(6-3-7-19(16)17)18-9-11-4-2-5-12(13)8-11/h2,4-5,8,19H,3,6-7,9H2,1H3,(H,16,17). The minimum atomic E-state index is -2.48. The number of rotatable bonds is 7. The molecule has 19 heavy (non-hydrogen) atoms. The monoisotopic (exact) mass is 349 g/mol. The SMILES string of the molecule is CC(=O)N(CCC[PH](=O)O)OCc1cccc(Br)c1. The summed E-state index contributed by atoms with van der Waals surface area (Å²) in [5.74, 6) is -0.215. The highest BCUT2D eigenvalue weighted by Gasteiger charge is 2.10. The molecular weight excluding hydrogens is 333 g/mol. The molecule has 0 fully saturated rings. The Morgan fingerprint density at radius 2 is 2.26 bits per heavy atom. The zero-order chi connectivity index (χ0) is 14.3. The van der Waals surface area contributed by atoms with Gasteiger partial charge in [0.25, 0.3) is 0 Å². The van der Waals surface area contributed by atoms with Gasteiger partial charge in [0.15, 0.2) is 8.03 Å². The lowest BCUT2D eigenvalue weighted by Gasteiger charge is -2.20. The van der Waals surface area contributed by atoms with Crippen LogP contribution in [0.1, 0.15) is 18.9 Å². The van der Waals surface area contributed by atoms with Crippen molar-refractivity contribution in [3.8, 4) is 0 Å². The number of amides is 1. The van der Waals surface area contributed by atoms with Crippen molar-refractivity contribution >= 4 is 29.9 Å². The molecule has 1 aromatic rings. The quantitative estimate of drug-likeness (QED) is 0.606. The fraction of sp³-hybridized carbons (Fsp3) is 0.417. The van der Waals surface area contributed by atoms with Gasteiger partial charge in [0, 0.05) is 24.1 Å². The molecule has 0 aliphatic heterocycles. The van der Waals surface area contributed by atoms with E-state index in [0.717, 1.165) is 10.0 Å². The molecule has 106 valence electrons. The average Bonchev–Trinajstić information content (AvgIpc) is 2.32. The van der Waals surface area contributed by atoms with Gasteiger partial charge in [-0.15, -0.1) is 0 Å². The molecule has 0 radical (unpaired) electrons. The average molecular weight is 350 g/mol. The van der Waals surface area contributed by atoms with Crippen molar-refractivity contribution < 1.29 is 19.1 Å². The normalized spacial score (nSPS) is 12.2. The van der Waals surface area contributed by atoms with Crippen LogP contribution in [0.4, 0.5) is 0 Å². The van der Waals surface area contributed by atoms with E-state index < -0.39 is 8.03 Å². The van der Waals surface area contributed by atoms with Gasteiger partial charge in [-0.25, -0.2) is 5.06 Å². The van der Waals surface area contributed by atoms with Crippen LogP contribution in [-0.2, 0) is 20.8 Å². The molecule has 0 saturated carbocycles. The van der Waals surface area contributed by atoms with Gasteiger partial charge in [0.2, 0.25) is 5.91 Å². The minimum absolute atomic E-state index is 0.203. The van der Waals surface area contributed by atoms with Crippen molar-refractivity contribution in [1.29, 1.82) is 0 Å². The zero-order valence-corrected chi connectivity index (χ0v) is 13.2. The zero-order valence-electron chi connectivity index (χ0n) is 10.6. The van der Waals surface area contributed by atoms with Crippen molar-refractivity contribution in [2.24, 2.45) is 0 Å². The second kappa shape index (κ2) is 8.48. The number of hydrogen-bond acceptors (Lipinski definition) is 3. The molecule has 0 spiro atoms. The molecule has 0 aromatic heterocycles. The predicted octanol–water partition coefficient (Wildman–Crippen LogP) is 2.59. The smallest absolute Gasteiger partial charge is 0.243 e. The molecule has 0 saturated heterocycles. The molecule has 1 unspecified atom stereocenters. The molecule has 0 aliphatic rings. The minimum Gasteiger partial charge on any atom is -0.346 e. The third kappa shape index (κ3) is 6.87.